The highest BCUT2D eigenvalue weighted by molar-refractivity contribution is 6.24. The van der Waals surface area contributed by atoms with Crippen LogP contribution in [-0.4, -0.2) is 71.5 Å². The first-order valence-corrected chi connectivity index (χ1v) is 9.06. The first kappa shape index (κ1) is 12.7. The number of benzene rings is 1. The zero-order chi connectivity index (χ0) is 28.9. The number of piperidine rings is 1. The summed E-state index contributed by atoms with van der Waals surface area (Å²) in [6.07, 6.45) is -0.549. The van der Waals surface area contributed by atoms with Crippen molar-refractivity contribution in [3.05, 3.63) is 28.8 Å². The number of hydrogen-bond acceptors (Lipinski definition) is 6. The Labute approximate surface area is 183 Å². The number of anilines is 1. The maximum atomic E-state index is 16.0. The van der Waals surface area contributed by atoms with Crippen molar-refractivity contribution in [2.24, 2.45) is 0 Å². The monoisotopic (exact) mass is 428 g/mol. The van der Waals surface area contributed by atoms with Crippen molar-refractivity contribution in [3.8, 4) is 0 Å². The number of nitrogens with zero attached hydrogens (tertiary/aromatic N) is 3. The Hall–Kier alpha value is -2.88. The van der Waals surface area contributed by atoms with Crippen LogP contribution in [0, 0.1) is 11.6 Å². The second kappa shape index (κ2) is 7.42. The van der Waals surface area contributed by atoms with E-state index in [0.29, 0.717) is 11.0 Å². The minimum Gasteiger partial charge on any atom is -0.364 e. The van der Waals surface area contributed by atoms with E-state index in [-0.39, 0.29) is 22.6 Å². The first-order chi connectivity index (χ1) is 17.2. The third kappa shape index (κ3) is 3.15. The smallest absolute Gasteiger partial charge is 0.265 e. The van der Waals surface area contributed by atoms with Gasteiger partial charge in [0.25, 0.3) is 11.8 Å². The Morgan fingerprint density at radius 1 is 1.10 bits per heavy atom. The van der Waals surface area contributed by atoms with Crippen LogP contribution in [0.3, 0.4) is 0 Å². The molecular formula is C20H22F2N4O4. The van der Waals surface area contributed by atoms with E-state index in [9.17, 15) is 19.2 Å². The molecule has 8 nitrogen and oxygen atoms in total. The maximum absolute atomic E-state index is 16.0. The molecule has 4 amide bonds. The fourth-order valence-electron chi connectivity index (χ4n) is 3.38. The van der Waals surface area contributed by atoms with Crippen molar-refractivity contribution in [1.29, 1.82) is 0 Å². The number of fused-ring (bicyclic) bond motifs is 1. The number of nitrogens with one attached hydrogen (secondary N) is 1. The van der Waals surface area contributed by atoms with Crippen LogP contribution in [-0.2, 0) is 9.59 Å². The summed E-state index contributed by atoms with van der Waals surface area (Å²) in [5.74, 6) is -8.14. The Morgan fingerprint density at radius 3 is 2.37 bits per heavy atom. The van der Waals surface area contributed by atoms with Gasteiger partial charge in [-0.25, -0.2) is 8.78 Å². The van der Waals surface area contributed by atoms with Gasteiger partial charge in [-0.05, 0) is 26.3 Å². The standard InChI is InChI=1S/C20H22F2N4O4/c1-10(2)24-5-7-25(8-6-24)17-12(21)9-11-15(16(17)22)20(30)26(19(11)29)13-3-4-14(27)23-18(13)28/h9-10,13H,3-8H2,1-2H3,(H,23,27,28)/t13-/m0/s1/i5D2,6D2,7D2,8D2. The van der Waals surface area contributed by atoms with Crippen molar-refractivity contribution in [2.75, 3.05) is 30.9 Å². The number of imide groups is 2. The van der Waals surface area contributed by atoms with E-state index in [1.54, 1.807) is 0 Å². The highest BCUT2D eigenvalue weighted by Gasteiger charge is 2.47. The molecule has 30 heavy (non-hydrogen) atoms. The lowest BCUT2D eigenvalue weighted by Crippen LogP contribution is -2.54. The van der Waals surface area contributed by atoms with Crippen LogP contribution in [0.5, 0.6) is 0 Å². The number of amides is 4. The molecule has 0 bridgehead atoms. The quantitative estimate of drug-likeness (QED) is 0.720. The van der Waals surface area contributed by atoms with Crippen LogP contribution < -0.4 is 10.2 Å². The molecule has 0 unspecified atom stereocenters. The zero-order valence-electron chi connectivity index (χ0n) is 23.9. The van der Waals surface area contributed by atoms with Crippen molar-refractivity contribution >= 4 is 29.3 Å². The molecule has 2 saturated heterocycles. The van der Waals surface area contributed by atoms with Gasteiger partial charge in [0.05, 0.1) is 16.6 Å². The van der Waals surface area contributed by atoms with Crippen LogP contribution in [0.25, 0.3) is 0 Å². The molecule has 0 aromatic heterocycles. The van der Waals surface area contributed by atoms with Crippen molar-refractivity contribution < 1.29 is 38.9 Å². The summed E-state index contributed by atoms with van der Waals surface area (Å²) < 4.78 is 98.3. The largest absolute Gasteiger partial charge is 0.364 e. The van der Waals surface area contributed by atoms with Gasteiger partial charge in [0.15, 0.2) is 5.82 Å². The van der Waals surface area contributed by atoms with Crippen LogP contribution in [0.15, 0.2) is 6.07 Å². The van der Waals surface area contributed by atoms with E-state index >= 15 is 8.78 Å². The first-order valence-electron chi connectivity index (χ1n) is 13.1. The molecule has 4 rings (SSSR count). The highest BCUT2D eigenvalue weighted by atomic mass is 19.1. The van der Waals surface area contributed by atoms with Gasteiger partial charge in [0.2, 0.25) is 11.8 Å². The van der Waals surface area contributed by atoms with Crippen LogP contribution >= 0.6 is 0 Å². The van der Waals surface area contributed by atoms with E-state index in [1.165, 1.54) is 13.8 Å². The second-order valence-corrected chi connectivity index (χ2v) is 7.14. The van der Waals surface area contributed by atoms with Gasteiger partial charge >= 0.3 is 0 Å². The molecule has 2 fully saturated rings. The van der Waals surface area contributed by atoms with E-state index < -0.39 is 90.1 Å². The topological polar surface area (TPSA) is 90.0 Å². The molecular weight excluding hydrogens is 398 g/mol. The number of carbonyl (C=O) groups excluding carboxylic acids is 4. The average molecular weight is 428 g/mol. The number of rotatable bonds is 3. The fourth-order valence-corrected chi connectivity index (χ4v) is 3.38. The van der Waals surface area contributed by atoms with Crippen LogP contribution in [0.2, 0.25) is 0 Å². The van der Waals surface area contributed by atoms with Crippen molar-refractivity contribution in [1.82, 2.24) is 15.1 Å². The summed E-state index contributed by atoms with van der Waals surface area (Å²) in [5, 5.41) is 1.93. The van der Waals surface area contributed by atoms with E-state index in [1.807, 2.05) is 5.32 Å². The lowest BCUT2D eigenvalue weighted by molar-refractivity contribution is -0.136. The van der Waals surface area contributed by atoms with Crippen molar-refractivity contribution in [3.63, 3.8) is 0 Å². The molecule has 3 heterocycles. The minimum absolute atomic E-state index is 0.253. The maximum Gasteiger partial charge on any atom is 0.265 e. The summed E-state index contributed by atoms with van der Waals surface area (Å²) in [6, 6.07) is -2.32. The predicted octanol–water partition coefficient (Wildman–Crippen LogP) is 0.896. The summed E-state index contributed by atoms with van der Waals surface area (Å²) in [5.41, 5.74) is -3.59. The van der Waals surface area contributed by atoms with Gasteiger partial charge in [0.1, 0.15) is 17.5 Å². The van der Waals surface area contributed by atoms with Gasteiger partial charge in [-0.15, -0.1) is 0 Å². The number of hydrogen-bond donors (Lipinski definition) is 1. The Bertz CT molecular complexity index is 1260. The third-order valence-corrected chi connectivity index (χ3v) is 4.90. The molecule has 1 N–H and O–H groups in total. The SMILES string of the molecule is [2H]C1([2H])N(c2c(F)cc3c(c2F)C(=O)N([C@H]2CCC(=O)NC2=O)C3=O)C([2H])([2H])C([2H])([2H])N(C(C)C)C1([2H])[2H]. The Kier molecular flexibility index (Phi) is 3.15. The molecule has 3 aliphatic rings. The highest BCUT2D eigenvalue weighted by Crippen LogP contribution is 2.36. The Balaban J connectivity index is 1.92. The van der Waals surface area contributed by atoms with E-state index in [2.05, 4.69) is 0 Å². The van der Waals surface area contributed by atoms with Crippen molar-refractivity contribution in [2.45, 2.75) is 38.8 Å². The van der Waals surface area contributed by atoms with Crippen LogP contribution in [0.1, 0.15) is 58.4 Å². The lowest BCUT2D eigenvalue weighted by Gasteiger charge is -2.38. The molecule has 160 valence electrons. The molecule has 10 heteroatoms. The van der Waals surface area contributed by atoms with E-state index in [0.717, 1.165) is 0 Å². The molecule has 0 aliphatic carbocycles. The van der Waals surface area contributed by atoms with Gasteiger partial charge in [-0.1, -0.05) is 0 Å². The van der Waals surface area contributed by atoms with E-state index in [4.69, 9.17) is 11.0 Å². The van der Waals surface area contributed by atoms with Gasteiger partial charge in [-0.3, -0.25) is 34.3 Å². The third-order valence-electron chi connectivity index (χ3n) is 4.90. The second-order valence-electron chi connectivity index (χ2n) is 7.14. The van der Waals surface area contributed by atoms with Gasteiger partial charge in [0, 0.05) is 43.9 Å². The Morgan fingerprint density at radius 2 is 1.77 bits per heavy atom. The molecule has 0 saturated carbocycles. The summed E-state index contributed by atoms with van der Waals surface area (Å²) >= 11 is 0. The summed E-state index contributed by atoms with van der Waals surface area (Å²) in [6.45, 7) is -11.4. The fraction of sp³-hybridized carbons (Fsp3) is 0.500. The molecule has 0 radical (unpaired) electrons. The number of halogens is 2. The predicted molar refractivity (Wildman–Crippen MR) is 102 cm³/mol. The van der Waals surface area contributed by atoms with Crippen LogP contribution in [0.4, 0.5) is 14.5 Å². The van der Waals surface area contributed by atoms with Gasteiger partial charge < -0.3 is 4.90 Å². The van der Waals surface area contributed by atoms with Gasteiger partial charge in [-0.2, -0.15) is 0 Å². The zero-order valence-corrected chi connectivity index (χ0v) is 15.9. The molecule has 1 atom stereocenters. The molecule has 1 aromatic rings. The number of piperazine rings is 1. The lowest BCUT2D eigenvalue weighted by atomic mass is 10.0. The minimum atomic E-state index is -3.63. The number of carbonyl (C=O) groups is 4. The summed E-state index contributed by atoms with van der Waals surface area (Å²) in [4.78, 5) is 50.0. The summed E-state index contributed by atoms with van der Waals surface area (Å²) in [7, 11) is 0. The average Bonchev–Trinajstić information content (AvgIpc) is 2.99. The molecule has 1 aromatic carbocycles. The normalized spacial score (nSPS) is 33.4. The molecule has 0 spiro atoms. The molecule has 3 aliphatic heterocycles.